The van der Waals surface area contributed by atoms with Crippen LogP contribution in [-0.4, -0.2) is 42.2 Å². The van der Waals surface area contributed by atoms with Gasteiger partial charge in [0.15, 0.2) is 5.17 Å². The van der Waals surface area contributed by atoms with Gasteiger partial charge in [-0.05, 0) is 48.4 Å². The van der Waals surface area contributed by atoms with Gasteiger partial charge in [-0.1, -0.05) is 54.2 Å². The molecule has 0 bridgehead atoms. The summed E-state index contributed by atoms with van der Waals surface area (Å²) in [6.45, 7) is 2.97. The Morgan fingerprint density at radius 3 is 2.46 bits per heavy atom. The highest BCUT2D eigenvalue weighted by atomic mass is 32.2. The number of halogens is 3. The minimum atomic E-state index is -4.74. The summed E-state index contributed by atoms with van der Waals surface area (Å²) in [4.78, 5) is 10.3. The molecule has 1 saturated heterocycles. The van der Waals surface area contributed by atoms with Crippen LogP contribution in [0.5, 0.6) is 5.75 Å². The van der Waals surface area contributed by atoms with Crippen LogP contribution in [0.25, 0.3) is 0 Å². The lowest BCUT2D eigenvalue weighted by Crippen LogP contribution is -2.24. The molecule has 37 heavy (non-hydrogen) atoms. The lowest BCUT2D eigenvalue weighted by Gasteiger charge is -2.19. The van der Waals surface area contributed by atoms with E-state index in [1.54, 1.807) is 30.1 Å². The SMILES string of the molecule is Cc1ccccc1N1CCS/C1=N\N=C\c1ccc(C(N)=NC=Nc2ccc(OC(F)(F)F)cc2)cc1. The van der Waals surface area contributed by atoms with Crippen molar-refractivity contribution in [1.82, 2.24) is 0 Å². The van der Waals surface area contributed by atoms with Crippen LogP contribution in [0.3, 0.4) is 0 Å². The van der Waals surface area contributed by atoms with Crippen molar-refractivity contribution in [2.24, 2.45) is 25.9 Å². The Hall–Kier alpha value is -4.12. The summed E-state index contributed by atoms with van der Waals surface area (Å²) >= 11 is 1.67. The number of nitrogens with zero attached hydrogens (tertiary/aromatic N) is 5. The van der Waals surface area contributed by atoms with Crippen molar-refractivity contribution in [3.05, 3.63) is 89.5 Å². The second-order valence-corrected chi connectivity index (χ2v) is 8.90. The van der Waals surface area contributed by atoms with Crippen LogP contribution in [-0.2, 0) is 0 Å². The van der Waals surface area contributed by atoms with Crippen molar-refractivity contribution in [1.29, 1.82) is 0 Å². The van der Waals surface area contributed by atoms with E-state index in [4.69, 9.17) is 5.73 Å². The van der Waals surface area contributed by atoms with Gasteiger partial charge < -0.3 is 15.4 Å². The lowest BCUT2D eigenvalue weighted by atomic mass is 10.1. The van der Waals surface area contributed by atoms with Crippen molar-refractivity contribution in [2.45, 2.75) is 13.3 Å². The van der Waals surface area contributed by atoms with Crippen molar-refractivity contribution in [3.63, 3.8) is 0 Å². The molecule has 3 aromatic rings. The number of benzene rings is 3. The fourth-order valence-electron chi connectivity index (χ4n) is 3.43. The maximum absolute atomic E-state index is 12.2. The molecule has 1 heterocycles. The zero-order valence-corrected chi connectivity index (χ0v) is 20.6. The molecule has 0 aliphatic carbocycles. The Morgan fingerprint density at radius 1 is 1.03 bits per heavy atom. The van der Waals surface area contributed by atoms with Gasteiger partial charge in [0.25, 0.3) is 0 Å². The fraction of sp³-hybridized carbons (Fsp3) is 0.154. The zero-order chi connectivity index (χ0) is 26.3. The maximum atomic E-state index is 12.2. The van der Waals surface area contributed by atoms with Gasteiger partial charge in [-0.2, -0.15) is 5.10 Å². The van der Waals surface area contributed by atoms with Crippen LogP contribution in [0.2, 0.25) is 0 Å². The van der Waals surface area contributed by atoms with Crippen LogP contribution < -0.4 is 15.4 Å². The summed E-state index contributed by atoms with van der Waals surface area (Å²) in [7, 11) is 0. The molecule has 3 aromatic carbocycles. The molecule has 11 heteroatoms. The minimum Gasteiger partial charge on any atom is -0.406 e. The molecule has 7 nitrogen and oxygen atoms in total. The van der Waals surface area contributed by atoms with E-state index in [9.17, 15) is 13.2 Å². The van der Waals surface area contributed by atoms with E-state index >= 15 is 0 Å². The van der Waals surface area contributed by atoms with Gasteiger partial charge in [0, 0.05) is 23.5 Å². The molecule has 190 valence electrons. The van der Waals surface area contributed by atoms with Gasteiger partial charge >= 0.3 is 6.36 Å². The molecule has 4 rings (SSSR count). The quantitative estimate of drug-likeness (QED) is 0.237. The van der Waals surface area contributed by atoms with E-state index in [0.717, 1.165) is 28.7 Å². The smallest absolute Gasteiger partial charge is 0.406 e. The standard InChI is InChI=1S/C26H23F3N6OS/c1-18-4-2-3-5-23(18)35-14-15-37-25(35)34-33-16-19-6-8-20(9-7-19)24(30)32-17-31-21-10-12-22(13-11-21)36-26(27,28)29/h2-13,16-17H,14-15H2,1H3,(H2,30,31,32)/b33-16+,34-25-. The van der Waals surface area contributed by atoms with Gasteiger partial charge in [0.2, 0.25) is 0 Å². The average Bonchev–Trinajstić information content (AvgIpc) is 3.33. The summed E-state index contributed by atoms with van der Waals surface area (Å²) in [5.41, 5.74) is 10.3. The number of hydrogen-bond acceptors (Lipinski definition) is 5. The Kier molecular flexibility index (Phi) is 8.24. The Morgan fingerprint density at radius 2 is 1.76 bits per heavy atom. The second-order valence-electron chi connectivity index (χ2n) is 7.84. The number of para-hydroxylation sites is 1. The summed E-state index contributed by atoms with van der Waals surface area (Å²) in [6, 6.07) is 20.6. The second kappa shape index (κ2) is 11.7. The van der Waals surface area contributed by atoms with Gasteiger partial charge in [0.1, 0.15) is 17.9 Å². The molecule has 1 aliphatic rings. The first kappa shape index (κ1) is 26.0. The number of alkyl halides is 3. The molecule has 0 atom stereocenters. The van der Waals surface area contributed by atoms with E-state index < -0.39 is 6.36 Å². The highest BCUT2D eigenvalue weighted by Gasteiger charge is 2.30. The average molecular weight is 525 g/mol. The predicted molar refractivity (Wildman–Crippen MR) is 144 cm³/mol. The van der Waals surface area contributed by atoms with Crippen LogP contribution >= 0.6 is 11.8 Å². The Balaban J connectivity index is 1.35. The minimum absolute atomic E-state index is 0.237. The van der Waals surface area contributed by atoms with Crippen molar-refractivity contribution < 1.29 is 17.9 Å². The number of ether oxygens (including phenoxy) is 1. The summed E-state index contributed by atoms with van der Waals surface area (Å²) in [6.07, 6.45) is -1.83. The van der Waals surface area contributed by atoms with Crippen molar-refractivity contribution in [2.75, 3.05) is 17.2 Å². The predicted octanol–water partition coefficient (Wildman–Crippen LogP) is 5.90. The van der Waals surface area contributed by atoms with Crippen molar-refractivity contribution in [3.8, 4) is 5.75 Å². The van der Waals surface area contributed by atoms with Gasteiger partial charge in [-0.3, -0.25) is 0 Å². The number of aliphatic imine (C=N–C) groups is 2. The number of aryl methyl sites for hydroxylation is 1. The van der Waals surface area contributed by atoms with Gasteiger partial charge in [0.05, 0.1) is 11.9 Å². The van der Waals surface area contributed by atoms with E-state index in [1.807, 2.05) is 24.3 Å². The van der Waals surface area contributed by atoms with Crippen LogP contribution in [0.4, 0.5) is 24.5 Å². The van der Waals surface area contributed by atoms with Gasteiger partial charge in [-0.25, -0.2) is 9.98 Å². The number of thioether (sulfide) groups is 1. The molecule has 0 unspecified atom stereocenters. The largest absolute Gasteiger partial charge is 0.573 e. The Bertz CT molecular complexity index is 1340. The van der Waals surface area contributed by atoms with Crippen molar-refractivity contribution >= 4 is 46.7 Å². The summed E-state index contributed by atoms with van der Waals surface area (Å²) in [5.74, 6) is 0.868. The monoisotopic (exact) mass is 524 g/mol. The molecule has 0 amide bonds. The number of anilines is 1. The molecular formula is C26H23F3N6OS. The first-order valence-corrected chi connectivity index (χ1v) is 12.2. The maximum Gasteiger partial charge on any atom is 0.573 e. The molecule has 0 aromatic heterocycles. The molecule has 1 fully saturated rings. The van der Waals surface area contributed by atoms with Gasteiger partial charge in [-0.15, -0.1) is 18.3 Å². The third-order valence-corrected chi connectivity index (χ3v) is 6.16. The number of amidine groups is 2. The first-order valence-electron chi connectivity index (χ1n) is 11.2. The first-order chi connectivity index (χ1) is 17.8. The molecule has 1 aliphatic heterocycles. The molecule has 2 N–H and O–H groups in total. The van der Waals surface area contributed by atoms with Crippen LogP contribution in [0.15, 0.2) is 93.0 Å². The lowest BCUT2D eigenvalue weighted by molar-refractivity contribution is -0.274. The highest BCUT2D eigenvalue weighted by Crippen LogP contribution is 2.28. The fourth-order valence-corrected chi connectivity index (χ4v) is 4.33. The van der Waals surface area contributed by atoms with Crippen LogP contribution in [0.1, 0.15) is 16.7 Å². The molecule has 0 spiro atoms. The topological polar surface area (TPSA) is 87.9 Å². The summed E-state index contributed by atoms with van der Waals surface area (Å²) in [5, 5.41) is 9.53. The number of rotatable bonds is 7. The van der Waals surface area contributed by atoms with E-state index in [2.05, 4.69) is 48.9 Å². The Labute approximate surface area is 216 Å². The van der Waals surface area contributed by atoms with E-state index in [1.165, 1.54) is 36.2 Å². The molecular weight excluding hydrogens is 501 g/mol. The number of nitrogens with two attached hydrogens (primary N) is 1. The van der Waals surface area contributed by atoms with Crippen LogP contribution in [0, 0.1) is 6.92 Å². The number of hydrogen-bond donors (Lipinski definition) is 1. The normalized spacial score (nSPS) is 15.8. The molecule has 0 radical (unpaired) electrons. The molecule has 0 saturated carbocycles. The zero-order valence-electron chi connectivity index (χ0n) is 19.8. The van der Waals surface area contributed by atoms with E-state index in [-0.39, 0.29) is 11.6 Å². The third-order valence-electron chi connectivity index (χ3n) is 5.21. The van der Waals surface area contributed by atoms with E-state index in [0.29, 0.717) is 11.3 Å². The third kappa shape index (κ3) is 7.43. The highest BCUT2D eigenvalue weighted by molar-refractivity contribution is 8.14. The summed E-state index contributed by atoms with van der Waals surface area (Å²) < 4.78 is 40.5.